The fraction of sp³-hybridized carbons (Fsp3) is 0.533. The third kappa shape index (κ3) is 5.97. The third-order valence-electron chi connectivity index (χ3n) is 2.72. The van der Waals surface area contributed by atoms with Gasteiger partial charge in [-0.3, -0.25) is 4.79 Å². The molecule has 1 unspecified atom stereocenters. The van der Waals surface area contributed by atoms with Crippen LogP contribution in [0.4, 0.5) is 0 Å². The summed E-state index contributed by atoms with van der Waals surface area (Å²) >= 11 is 5.64. The zero-order valence-corrected chi connectivity index (χ0v) is 12.4. The zero-order valence-electron chi connectivity index (χ0n) is 11.6. The lowest BCUT2D eigenvalue weighted by atomic mass is 10.1. The van der Waals surface area contributed by atoms with Crippen LogP contribution in [-0.2, 0) is 0 Å². The highest BCUT2D eigenvalue weighted by atomic mass is 35.5. The molecule has 0 saturated heterocycles. The van der Waals surface area contributed by atoms with Gasteiger partial charge in [0.05, 0.1) is 6.61 Å². The second-order valence-corrected chi connectivity index (χ2v) is 4.96. The Morgan fingerprint density at radius 1 is 1.47 bits per heavy atom. The molecule has 0 aliphatic carbocycles. The molecule has 0 saturated carbocycles. The summed E-state index contributed by atoms with van der Waals surface area (Å²) in [6.45, 7) is 4.70. The molecule has 3 nitrogen and oxygen atoms in total. The standard InChI is InChI=1S/C15H22ClNO2/c1-3-10-19-14-8-4-7-13(11-14)15(18)17-12(2)6-5-9-16/h4,7-8,11-12H,3,5-6,9-10H2,1-2H3,(H,17,18). The zero-order chi connectivity index (χ0) is 14.1. The largest absolute Gasteiger partial charge is 0.494 e. The number of carbonyl (C=O) groups excluding carboxylic acids is 1. The van der Waals surface area contributed by atoms with E-state index in [1.807, 2.05) is 19.1 Å². The lowest BCUT2D eigenvalue weighted by Crippen LogP contribution is -2.32. The number of hydrogen-bond donors (Lipinski definition) is 1. The van der Waals surface area contributed by atoms with Crippen molar-refractivity contribution in [1.82, 2.24) is 5.32 Å². The van der Waals surface area contributed by atoms with Gasteiger partial charge in [0.1, 0.15) is 5.75 Å². The number of hydrogen-bond acceptors (Lipinski definition) is 2. The summed E-state index contributed by atoms with van der Waals surface area (Å²) in [5.74, 6) is 1.30. The smallest absolute Gasteiger partial charge is 0.251 e. The normalized spacial score (nSPS) is 11.9. The predicted octanol–water partition coefficient (Wildman–Crippen LogP) is 3.61. The molecule has 106 valence electrons. The van der Waals surface area contributed by atoms with Gasteiger partial charge in [0.25, 0.3) is 5.91 Å². The van der Waals surface area contributed by atoms with Crippen LogP contribution in [0.15, 0.2) is 24.3 Å². The van der Waals surface area contributed by atoms with E-state index in [-0.39, 0.29) is 11.9 Å². The van der Waals surface area contributed by atoms with E-state index in [1.54, 1.807) is 12.1 Å². The van der Waals surface area contributed by atoms with Crippen molar-refractivity contribution in [1.29, 1.82) is 0 Å². The van der Waals surface area contributed by atoms with Crippen molar-refractivity contribution in [2.75, 3.05) is 12.5 Å². The van der Waals surface area contributed by atoms with E-state index in [4.69, 9.17) is 16.3 Å². The fourth-order valence-corrected chi connectivity index (χ4v) is 1.86. The fourth-order valence-electron chi connectivity index (χ4n) is 1.71. The number of carbonyl (C=O) groups is 1. The summed E-state index contributed by atoms with van der Waals surface area (Å²) < 4.78 is 5.52. The van der Waals surface area contributed by atoms with Gasteiger partial charge in [-0.05, 0) is 44.4 Å². The summed E-state index contributed by atoms with van der Waals surface area (Å²) in [6.07, 6.45) is 2.75. The van der Waals surface area contributed by atoms with Crippen LogP contribution in [-0.4, -0.2) is 24.4 Å². The Hall–Kier alpha value is -1.22. The highest BCUT2D eigenvalue weighted by Crippen LogP contribution is 2.14. The second-order valence-electron chi connectivity index (χ2n) is 4.58. The lowest BCUT2D eigenvalue weighted by Gasteiger charge is -2.13. The number of nitrogens with one attached hydrogen (secondary N) is 1. The molecule has 0 spiro atoms. The van der Waals surface area contributed by atoms with Gasteiger partial charge in [-0.2, -0.15) is 0 Å². The number of alkyl halides is 1. The van der Waals surface area contributed by atoms with Crippen LogP contribution in [0.3, 0.4) is 0 Å². The maximum Gasteiger partial charge on any atom is 0.251 e. The SMILES string of the molecule is CCCOc1cccc(C(=O)NC(C)CCCCl)c1. The average molecular weight is 284 g/mol. The summed E-state index contributed by atoms with van der Waals surface area (Å²) in [5, 5.41) is 2.96. The van der Waals surface area contributed by atoms with Crippen LogP contribution in [0.25, 0.3) is 0 Å². The first-order valence-corrected chi connectivity index (χ1v) is 7.30. The minimum Gasteiger partial charge on any atom is -0.494 e. The van der Waals surface area contributed by atoms with Gasteiger partial charge in [0.2, 0.25) is 0 Å². The molecule has 1 rings (SSSR count). The predicted molar refractivity (Wildman–Crippen MR) is 79.1 cm³/mol. The van der Waals surface area contributed by atoms with E-state index < -0.39 is 0 Å². The van der Waals surface area contributed by atoms with Crippen molar-refractivity contribution in [3.8, 4) is 5.75 Å². The molecule has 1 atom stereocenters. The summed E-state index contributed by atoms with van der Waals surface area (Å²) in [6, 6.07) is 7.40. The lowest BCUT2D eigenvalue weighted by molar-refractivity contribution is 0.0938. The summed E-state index contributed by atoms with van der Waals surface area (Å²) in [5.41, 5.74) is 0.631. The molecule has 1 aromatic rings. The van der Waals surface area contributed by atoms with E-state index in [0.29, 0.717) is 18.1 Å². The first-order chi connectivity index (χ1) is 9.17. The molecule has 1 N–H and O–H groups in total. The van der Waals surface area contributed by atoms with E-state index in [9.17, 15) is 4.79 Å². The molecular weight excluding hydrogens is 262 g/mol. The quantitative estimate of drug-likeness (QED) is 0.740. The van der Waals surface area contributed by atoms with Crippen LogP contribution in [0.1, 0.15) is 43.5 Å². The molecular formula is C15H22ClNO2. The Kier molecular flexibility index (Phi) is 7.34. The molecule has 4 heteroatoms. The molecule has 1 amide bonds. The minimum atomic E-state index is -0.0657. The third-order valence-corrected chi connectivity index (χ3v) is 2.98. The van der Waals surface area contributed by atoms with Gasteiger partial charge >= 0.3 is 0 Å². The number of rotatable bonds is 8. The maximum atomic E-state index is 12.0. The Balaban J connectivity index is 2.56. The van der Waals surface area contributed by atoms with Gasteiger partial charge in [-0.1, -0.05) is 13.0 Å². The molecule has 0 aliphatic rings. The maximum absolute atomic E-state index is 12.0. The highest BCUT2D eigenvalue weighted by molar-refractivity contribution is 6.17. The van der Waals surface area contributed by atoms with E-state index in [2.05, 4.69) is 12.2 Å². The second kappa shape index (κ2) is 8.81. The van der Waals surface area contributed by atoms with Crippen LogP contribution < -0.4 is 10.1 Å². The molecule has 1 aromatic carbocycles. The van der Waals surface area contributed by atoms with Crippen molar-refractivity contribution in [3.63, 3.8) is 0 Å². The van der Waals surface area contributed by atoms with Gasteiger partial charge < -0.3 is 10.1 Å². The van der Waals surface area contributed by atoms with Gasteiger partial charge in [0.15, 0.2) is 0 Å². The number of halogens is 1. The number of ether oxygens (including phenoxy) is 1. The number of benzene rings is 1. The molecule has 0 heterocycles. The Morgan fingerprint density at radius 3 is 2.95 bits per heavy atom. The van der Waals surface area contributed by atoms with Crippen molar-refractivity contribution in [3.05, 3.63) is 29.8 Å². The molecule has 0 aliphatic heterocycles. The van der Waals surface area contributed by atoms with Crippen LogP contribution >= 0.6 is 11.6 Å². The first-order valence-electron chi connectivity index (χ1n) is 6.77. The average Bonchev–Trinajstić information content (AvgIpc) is 2.43. The first kappa shape index (κ1) is 15.8. The van der Waals surface area contributed by atoms with Crippen LogP contribution in [0, 0.1) is 0 Å². The molecule has 0 bridgehead atoms. The van der Waals surface area contributed by atoms with Gasteiger partial charge in [-0.15, -0.1) is 11.6 Å². The van der Waals surface area contributed by atoms with E-state index in [1.165, 1.54) is 0 Å². The van der Waals surface area contributed by atoms with E-state index in [0.717, 1.165) is 25.0 Å². The van der Waals surface area contributed by atoms with Crippen LogP contribution in [0.2, 0.25) is 0 Å². The molecule has 0 fully saturated rings. The summed E-state index contributed by atoms with van der Waals surface area (Å²) in [4.78, 5) is 12.0. The van der Waals surface area contributed by atoms with Crippen molar-refractivity contribution >= 4 is 17.5 Å². The highest BCUT2D eigenvalue weighted by Gasteiger charge is 2.10. The van der Waals surface area contributed by atoms with Crippen molar-refractivity contribution in [2.45, 2.75) is 39.2 Å². The van der Waals surface area contributed by atoms with Crippen molar-refractivity contribution in [2.24, 2.45) is 0 Å². The number of amides is 1. The Bertz CT molecular complexity index is 395. The topological polar surface area (TPSA) is 38.3 Å². The minimum absolute atomic E-state index is 0.0657. The van der Waals surface area contributed by atoms with Crippen LogP contribution in [0.5, 0.6) is 5.75 Å². The van der Waals surface area contributed by atoms with Gasteiger partial charge in [0, 0.05) is 17.5 Å². The van der Waals surface area contributed by atoms with Crippen molar-refractivity contribution < 1.29 is 9.53 Å². The summed E-state index contributed by atoms with van der Waals surface area (Å²) in [7, 11) is 0. The Labute approximate surface area is 120 Å². The van der Waals surface area contributed by atoms with E-state index >= 15 is 0 Å². The Morgan fingerprint density at radius 2 is 2.26 bits per heavy atom. The monoisotopic (exact) mass is 283 g/mol. The molecule has 0 aromatic heterocycles. The van der Waals surface area contributed by atoms with Gasteiger partial charge in [-0.25, -0.2) is 0 Å². The molecule has 19 heavy (non-hydrogen) atoms. The molecule has 0 radical (unpaired) electrons.